The fourth-order valence-electron chi connectivity index (χ4n) is 8.03. The number of carbonyl (C=O) groups excluding carboxylic acids is 3. The van der Waals surface area contributed by atoms with Crippen molar-refractivity contribution < 1.29 is 28.7 Å². The second-order valence-electron chi connectivity index (χ2n) is 13.8. The Bertz CT molecular complexity index is 1500. The van der Waals surface area contributed by atoms with Crippen LogP contribution >= 0.6 is 24.0 Å². The van der Waals surface area contributed by atoms with Crippen LogP contribution in [0.1, 0.15) is 75.0 Å². The van der Waals surface area contributed by atoms with E-state index in [1.54, 1.807) is 12.1 Å². The van der Waals surface area contributed by atoms with Crippen LogP contribution in [0.4, 0.5) is 0 Å². The Balaban J connectivity index is 0.00000541. The molecule has 2 fully saturated rings. The average molecular weight is 712 g/mol. The first kappa shape index (κ1) is 38.5. The van der Waals surface area contributed by atoms with Gasteiger partial charge in [-0.3, -0.25) is 14.5 Å². The van der Waals surface area contributed by atoms with Crippen LogP contribution < -0.4 is 5.73 Å². The van der Waals surface area contributed by atoms with Crippen LogP contribution in [0, 0.1) is 5.92 Å². The molecule has 2 aliphatic rings. The van der Waals surface area contributed by atoms with Gasteiger partial charge in [0.15, 0.2) is 6.17 Å². The second-order valence-corrected chi connectivity index (χ2v) is 14.2. The number of hydrogen-bond acceptors (Lipinski definition) is 6. The molecule has 0 radical (unpaired) electrons. The maximum atomic E-state index is 14.5. The number of primary amides is 1. The summed E-state index contributed by atoms with van der Waals surface area (Å²) in [6.07, 6.45) is 3.29. The van der Waals surface area contributed by atoms with Gasteiger partial charge in [0.2, 0.25) is 5.91 Å². The molecule has 0 bridgehead atoms. The fourth-order valence-corrected chi connectivity index (χ4v) is 8.15. The molecule has 3 aromatic rings. The third-order valence-corrected chi connectivity index (χ3v) is 11.4. The number of hydrogen-bond donors (Lipinski definition) is 2. The molecule has 49 heavy (non-hydrogen) atoms. The molecule has 2 amide bonds. The van der Waals surface area contributed by atoms with E-state index in [-0.39, 0.29) is 59.0 Å². The number of ether oxygens (including phenoxy) is 1. The molecule has 10 heteroatoms. The number of nitrogens with zero attached hydrogens (tertiary/aromatic N) is 2. The second kappa shape index (κ2) is 16.6. The summed E-state index contributed by atoms with van der Waals surface area (Å²) in [5.74, 6) is -1.07. The largest absolute Gasteiger partial charge is 0.469 e. The van der Waals surface area contributed by atoms with Crippen molar-refractivity contribution in [1.82, 2.24) is 4.90 Å². The Morgan fingerprint density at radius 2 is 1.47 bits per heavy atom. The van der Waals surface area contributed by atoms with Gasteiger partial charge < -0.3 is 15.6 Å². The van der Waals surface area contributed by atoms with E-state index in [4.69, 9.17) is 22.1 Å². The number of aliphatic hydroxyl groups is 1. The number of benzene rings is 3. The van der Waals surface area contributed by atoms with E-state index in [0.29, 0.717) is 63.3 Å². The third-order valence-electron chi connectivity index (χ3n) is 11.1. The maximum Gasteiger partial charge on any atom is 0.315 e. The summed E-state index contributed by atoms with van der Waals surface area (Å²) >= 11 is 6.15. The number of piperidine rings is 2. The number of amides is 2. The molecular weight excluding hydrogens is 661 g/mol. The van der Waals surface area contributed by atoms with Gasteiger partial charge in [0.25, 0.3) is 0 Å². The first-order valence-corrected chi connectivity index (χ1v) is 17.5. The quantitative estimate of drug-likeness (QED) is 0.168. The fraction of sp³-hybridized carbons (Fsp3) is 0.462. The summed E-state index contributed by atoms with van der Waals surface area (Å²) in [6.45, 7) is 4.36. The van der Waals surface area contributed by atoms with Gasteiger partial charge in [0, 0.05) is 48.7 Å². The highest BCUT2D eigenvalue weighted by Gasteiger charge is 2.51. The molecule has 3 aromatic carbocycles. The van der Waals surface area contributed by atoms with Crippen LogP contribution in [0.25, 0.3) is 0 Å². The number of esters is 1. The van der Waals surface area contributed by atoms with Crippen molar-refractivity contribution in [2.45, 2.75) is 75.5 Å². The van der Waals surface area contributed by atoms with Crippen molar-refractivity contribution in [1.29, 1.82) is 0 Å². The van der Waals surface area contributed by atoms with Gasteiger partial charge >= 0.3 is 11.9 Å². The van der Waals surface area contributed by atoms with Gasteiger partial charge in [-0.2, -0.15) is 0 Å². The summed E-state index contributed by atoms with van der Waals surface area (Å²) < 4.78 is 5.06. The van der Waals surface area contributed by atoms with Crippen LogP contribution in [0.2, 0.25) is 5.02 Å². The van der Waals surface area contributed by atoms with E-state index < -0.39 is 11.6 Å². The van der Waals surface area contributed by atoms with Crippen molar-refractivity contribution in [2.24, 2.45) is 11.7 Å². The number of nitrogens with two attached hydrogens (primary N) is 1. The highest BCUT2D eigenvalue weighted by atomic mass is 35.5. The van der Waals surface area contributed by atoms with Crippen LogP contribution in [0.5, 0.6) is 0 Å². The molecule has 8 nitrogen and oxygen atoms in total. The van der Waals surface area contributed by atoms with Gasteiger partial charge in [0.1, 0.15) is 0 Å². The van der Waals surface area contributed by atoms with Crippen LogP contribution in [0.3, 0.4) is 0 Å². The zero-order chi connectivity index (χ0) is 34.4. The number of likely N-dealkylation sites (tertiary alicyclic amines) is 2. The van der Waals surface area contributed by atoms with E-state index >= 15 is 0 Å². The molecule has 264 valence electrons. The Hall–Kier alpha value is -3.27. The van der Waals surface area contributed by atoms with Crippen LogP contribution in [0.15, 0.2) is 84.9 Å². The van der Waals surface area contributed by atoms with Crippen molar-refractivity contribution >= 4 is 41.8 Å². The predicted octanol–water partition coefficient (Wildman–Crippen LogP) is 6.35. The highest BCUT2D eigenvalue weighted by Crippen LogP contribution is 2.42. The summed E-state index contributed by atoms with van der Waals surface area (Å²) in [7, 11) is 1.34. The van der Waals surface area contributed by atoms with Crippen molar-refractivity contribution in [3.05, 3.63) is 107 Å². The van der Waals surface area contributed by atoms with E-state index in [9.17, 15) is 19.5 Å². The minimum Gasteiger partial charge on any atom is -0.469 e. The molecule has 0 aliphatic carbocycles. The average Bonchev–Trinajstić information content (AvgIpc) is 3.12. The molecule has 1 atom stereocenters. The van der Waals surface area contributed by atoms with Gasteiger partial charge in [-0.15, -0.1) is 12.4 Å². The minimum atomic E-state index is -1.01. The lowest BCUT2D eigenvalue weighted by atomic mass is 9.72. The SMILES string of the molecule is COC(=O)CCC(=O)[N+]1(C(CCC(C)(c2ccccc2)c2ccccc2)N2CCC(O)(c3ccc(Cl)cc3)CC2)CCC(C(N)=O)CC1.Cl. The zero-order valence-electron chi connectivity index (χ0n) is 28.6. The normalized spacial score (nSPS) is 21.6. The van der Waals surface area contributed by atoms with Crippen LogP contribution in [-0.2, 0) is 30.1 Å². The number of methoxy groups -OCH3 is 1. The number of rotatable bonds is 12. The molecule has 2 saturated heterocycles. The Kier molecular flexibility index (Phi) is 13.1. The third kappa shape index (κ3) is 8.55. The molecule has 5 rings (SSSR count). The topological polar surface area (TPSA) is 110 Å². The maximum absolute atomic E-state index is 14.5. The lowest BCUT2D eigenvalue weighted by Gasteiger charge is -2.52. The van der Waals surface area contributed by atoms with Crippen molar-refractivity contribution in [2.75, 3.05) is 33.3 Å². The van der Waals surface area contributed by atoms with Crippen molar-refractivity contribution in [3.8, 4) is 0 Å². The standard InChI is InChI=1S/C39H48ClN3O5.ClH/c1-38(30-9-5-3-6-10-30,31-11-7-4-8-12-31)22-19-34(42-25-23-39(47,24-26-42)32-13-15-33(40)16-14-32)43(35(44)17-18-36(45)48-2)27-20-29(21-28-43)37(41)46;/h3-16,29,34,47H,17-28H2,1-2H3,(H-,41,46);1H/p+1. The Morgan fingerprint density at radius 1 is 0.939 bits per heavy atom. The van der Waals surface area contributed by atoms with E-state index in [1.165, 1.54) is 18.2 Å². The summed E-state index contributed by atoms with van der Waals surface area (Å²) in [5.41, 5.74) is 7.65. The molecule has 3 N–H and O–H groups in total. The Labute approximate surface area is 301 Å². The number of quaternary nitrogens is 1. The number of carbonyl (C=O) groups is 3. The lowest BCUT2D eigenvalue weighted by Crippen LogP contribution is -2.69. The van der Waals surface area contributed by atoms with Crippen molar-refractivity contribution in [3.63, 3.8) is 0 Å². The zero-order valence-corrected chi connectivity index (χ0v) is 30.1. The first-order valence-electron chi connectivity index (χ1n) is 17.1. The molecule has 1 unspecified atom stereocenters. The van der Waals surface area contributed by atoms with Crippen LogP contribution in [-0.4, -0.2) is 71.7 Å². The summed E-state index contributed by atoms with van der Waals surface area (Å²) in [4.78, 5) is 41.4. The molecule has 0 saturated carbocycles. The highest BCUT2D eigenvalue weighted by molar-refractivity contribution is 6.30. The first-order chi connectivity index (χ1) is 23.0. The minimum absolute atomic E-state index is 0. The molecule has 0 spiro atoms. The smallest absolute Gasteiger partial charge is 0.315 e. The van der Waals surface area contributed by atoms with Gasteiger partial charge in [-0.1, -0.05) is 91.3 Å². The summed E-state index contributed by atoms with van der Waals surface area (Å²) in [6, 6.07) is 28.4. The molecule has 2 aliphatic heterocycles. The van der Waals surface area contributed by atoms with Gasteiger partial charge in [0.05, 0.1) is 38.6 Å². The summed E-state index contributed by atoms with van der Waals surface area (Å²) in [5, 5.41) is 12.4. The van der Waals surface area contributed by atoms with Gasteiger partial charge in [-0.05, 0) is 48.1 Å². The van der Waals surface area contributed by atoms with Gasteiger partial charge in [-0.25, -0.2) is 9.28 Å². The molecule has 0 aromatic heterocycles. The monoisotopic (exact) mass is 710 g/mol. The lowest BCUT2D eigenvalue weighted by molar-refractivity contribution is -0.898. The molecule has 2 heterocycles. The molecular formula is C39H50Cl2N3O5+. The predicted molar refractivity (Wildman–Crippen MR) is 194 cm³/mol. The Morgan fingerprint density at radius 3 is 1.96 bits per heavy atom. The number of halogens is 2. The van der Waals surface area contributed by atoms with E-state index in [1.807, 2.05) is 24.3 Å². The van der Waals surface area contributed by atoms with E-state index in [2.05, 4.69) is 60.4 Å². The van der Waals surface area contributed by atoms with E-state index in [0.717, 1.165) is 12.0 Å².